The number of primary amides is 1. The molecule has 0 unspecified atom stereocenters. The first-order valence-electron chi connectivity index (χ1n) is 8.96. The number of hydrogen-bond donors (Lipinski definition) is 1. The molecule has 0 aromatic rings. The Balaban J connectivity index is 1.52. The maximum Gasteiger partial charge on any atom is 0.236 e. The van der Waals surface area contributed by atoms with E-state index in [0.29, 0.717) is 25.7 Å². The molecule has 0 bridgehead atoms. The average molecular weight is 307 g/mol. The molecule has 22 heavy (non-hydrogen) atoms. The van der Waals surface area contributed by atoms with Crippen molar-refractivity contribution in [1.82, 2.24) is 9.80 Å². The Labute approximate surface area is 133 Å². The van der Waals surface area contributed by atoms with Gasteiger partial charge in [0, 0.05) is 25.0 Å². The first-order valence-corrected chi connectivity index (χ1v) is 8.96. The van der Waals surface area contributed by atoms with E-state index < -0.39 is 0 Å². The van der Waals surface area contributed by atoms with E-state index in [0.717, 1.165) is 25.3 Å². The summed E-state index contributed by atoms with van der Waals surface area (Å²) >= 11 is 0. The highest BCUT2D eigenvalue weighted by Crippen LogP contribution is 2.35. The minimum Gasteiger partial charge on any atom is -0.369 e. The largest absolute Gasteiger partial charge is 0.369 e. The van der Waals surface area contributed by atoms with Crippen LogP contribution in [-0.2, 0) is 9.59 Å². The van der Waals surface area contributed by atoms with Crippen molar-refractivity contribution in [3.63, 3.8) is 0 Å². The summed E-state index contributed by atoms with van der Waals surface area (Å²) in [6.45, 7) is 3.02. The van der Waals surface area contributed by atoms with Crippen molar-refractivity contribution in [1.29, 1.82) is 0 Å². The van der Waals surface area contributed by atoms with E-state index in [9.17, 15) is 9.59 Å². The average Bonchev–Trinajstić information content (AvgIpc) is 2.55. The second-order valence-corrected chi connectivity index (χ2v) is 7.28. The molecule has 1 aliphatic carbocycles. The van der Waals surface area contributed by atoms with Gasteiger partial charge in [-0.15, -0.1) is 0 Å². The molecule has 0 aromatic carbocycles. The van der Waals surface area contributed by atoms with Crippen LogP contribution in [0.5, 0.6) is 0 Å². The topological polar surface area (TPSA) is 66.6 Å². The normalized spacial score (nSPS) is 30.8. The summed E-state index contributed by atoms with van der Waals surface area (Å²) < 4.78 is 0. The van der Waals surface area contributed by atoms with Gasteiger partial charge in [0.15, 0.2) is 0 Å². The van der Waals surface area contributed by atoms with E-state index in [2.05, 4.69) is 4.90 Å². The van der Waals surface area contributed by atoms with Crippen molar-refractivity contribution in [2.45, 2.75) is 57.4 Å². The van der Waals surface area contributed by atoms with Crippen LogP contribution in [0.3, 0.4) is 0 Å². The third kappa shape index (κ3) is 3.45. The summed E-state index contributed by atoms with van der Waals surface area (Å²) in [7, 11) is 0. The Morgan fingerprint density at radius 3 is 2.32 bits per heavy atom. The highest BCUT2D eigenvalue weighted by molar-refractivity contribution is 5.80. The minimum absolute atomic E-state index is 0.0400. The van der Waals surface area contributed by atoms with Gasteiger partial charge in [-0.05, 0) is 51.0 Å². The lowest BCUT2D eigenvalue weighted by atomic mass is 9.78. The van der Waals surface area contributed by atoms with E-state index in [1.807, 2.05) is 4.90 Å². The summed E-state index contributed by atoms with van der Waals surface area (Å²) in [5, 5.41) is 0. The van der Waals surface area contributed by atoms with Crippen molar-refractivity contribution < 1.29 is 9.59 Å². The van der Waals surface area contributed by atoms with Crippen molar-refractivity contribution in [2.75, 3.05) is 26.2 Å². The molecule has 2 amide bonds. The van der Waals surface area contributed by atoms with Gasteiger partial charge >= 0.3 is 0 Å². The summed E-state index contributed by atoms with van der Waals surface area (Å²) in [5.74, 6) is 0.806. The number of likely N-dealkylation sites (tertiary alicyclic amines) is 2. The zero-order chi connectivity index (χ0) is 15.5. The molecule has 2 N–H and O–H groups in total. The molecule has 2 atom stereocenters. The van der Waals surface area contributed by atoms with Crippen LogP contribution in [0.2, 0.25) is 0 Å². The summed E-state index contributed by atoms with van der Waals surface area (Å²) in [6, 6.07) is 0.634. The fourth-order valence-corrected chi connectivity index (χ4v) is 4.61. The Hall–Kier alpha value is -1.10. The Kier molecular flexibility index (Phi) is 5.01. The molecule has 5 heteroatoms. The van der Waals surface area contributed by atoms with Crippen LogP contribution < -0.4 is 5.73 Å². The number of fused-ring (bicyclic) bond motifs is 1. The molecule has 3 fully saturated rings. The van der Waals surface area contributed by atoms with Gasteiger partial charge in [0.05, 0.1) is 6.54 Å². The fraction of sp³-hybridized carbons (Fsp3) is 0.882. The summed E-state index contributed by atoms with van der Waals surface area (Å²) in [4.78, 5) is 28.2. The number of carbonyl (C=O) groups excluding carboxylic acids is 2. The number of amides is 2. The zero-order valence-electron chi connectivity index (χ0n) is 13.5. The molecule has 0 radical (unpaired) electrons. The van der Waals surface area contributed by atoms with Crippen LogP contribution in [0.25, 0.3) is 0 Å². The first-order chi connectivity index (χ1) is 10.6. The summed E-state index contributed by atoms with van der Waals surface area (Å²) in [6.07, 6.45) is 9.33. The lowest BCUT2D eigenvalue weighted by Crippen LogP contribution is -2.52. The smallest absolute Gasteiger partial charge is 0.236 e. The number of hydrogen-bond acceptors (Lipinski definition) is 3. The molecule has 124 valence electrons. The maximum atomic E-state index is 12.6. The van der Waals surface area contributed by atoms with Crippen LogP contribution in [0.15, 0.2) is 0 Å². The van der Waals surface area contributed by atoms with Gasteiger partial charge in [-0.2, -0.15) is 0 Å². The predicted molar refractivity (Wildman–Crippen MR) is 85.1 cm³/mol. The fourth-order valence-electron chi connectivity index (χ4n) is 4.61. The van der Waals surface area contributed by atoms with Gasteiger partial charge in [0.25, 0.3) is 0 Å². The molecule has 2 saturated heterocycles. The Morgan fingerprint density at radius 2 is 1.59 bits per heavy atom. The second-order valence-electron chi connectivity index (χ2n) is 7.28. The number of rotatable bonds is 3. The third-order valence-electron chi connectivity index (χ3n) is 5.95. The Morgan fingerprint density at radius 1 is 0.909 bits per heavy atom. The molecule has 0 aromatic heterocycles. The van der Waals surface area contributed by atoms with Crippen LogP contribution in [0.1, 0.15) is 51.4 Å². The minimum atomic E-state index is -0.215. The number of piperidine rings is 2. The van der Waals surface area contributed by atoms with E-state index in [4.69, 9.17) is 5.73 Å². The third-order valence-corrected chi connectivity index (χ3v) is 5.95. The molecular weight excluding hydrogens is 278 g/mol. The van der Waals surface area contributed by atoms with Gasteiger partial charge in [0.1, 0.15) is 0 Å². The number of carbonyl (C=O) groups is 2. The molecule has 0 spiro atoms. The monoisotopic (exact) mass is 307 g/mol. The first kappa shape index (κ1) is 15.8. The SMILES string of the molecule is NC(=O)C1CCN(C(=O)CN2CCC[C@H]3CCCC[C@H]32)CC1. The van der Waals surface area contributed by atoms with Gasteiger partial charge < -0.3 is 10.6 Å². The Bertz CT molecular complexity index is 416. The highest BCUT2D eigenvalue weighted by atomic mass is 16.2. The lowest BCUT2D eigenvalue weighted by molar-refractivity contribution is -0.137. The highest BCUT2D eigenvalue weighted by Gasteiger charge is 2.35. The molecule has 3 aliphatic rings. The molecule has 3 rings (SSSR count). The second kappa shape index (κ2) is 6.99. The molecular formula is C17H29N3O2. The van der Waals surface area contributed by atoms with Crippen LogP contribution in [0, 0.1) is 11.8 Å². The van der Waals surface area contributed by atoms with E-state index in [1.165, 1.54) is 38.5 Å². The van der Waals surface area contributed by atoms with Crippen molar-refractivity contribution in [3.05, 3.63) is 0 Å². The van der Waals surface area contributed by atoms with Crippen LogP contribution in [0.4, 0.5) is 0 Å². The van der Waals surface area contributed by atoms with E-state index >= 15 is 0 Å². The zero-order valence-corrected chi connectivity index (χ0v) is 13.5. The molecule has 1 saturated carbocycles. The predicted octanol–water partition coefficient (Wildman–Crippen LogP) is 1.36. The van der Waals surface area contributed by atoms with Crippen molar-refractivity contribution in [3.8, 4) is 0 Å². The summed E-state index contributed by atoms with van der Waals surface area (Å²) in [5.41, 5.74) is 5.36. The van der Waals surface area contributed by atoms with E-state index in [-0.39, 0.29) is 17.7 Å². The number of nitrogens with two attached hydrogens (primary N) is 1. The van der Waals surface area contributed by atoms with Gasteiger partial charge in [-0.1, -0.05) is 12.8 Å². The molecule has 5 nitrogen and oxygen atoms in total. The van der Waals surface area contributed by atoms with Crippen molar-refractivity contribution >= 4 is 11.8 Å². The van der Waals surface area contributed by atoms with Gasteiger partial charge in [-0.3, -0.25) is 14.5 Å². The van der Waals surface area contributed by atoms with Gasteiger partial charge in [-0.25, -0.2) is 0 Å². The standard InChI is InChI=1S/C17H29N3O2/c18-17(22)14-7-10-19(11-8-14)16(21)12-20-9-3-5-13-4-1-2-6-15(13)20/h13-15H,1-12H2,(H2,18,22)/t13-,15-/m1/s1. The van der Waals surface area contributed by atoms with Crippen LogP contribution >= 0.6 is 0 Å². The van der Waals surface area contributed by atoms with E-state index in [1.54, 1.807) is 0 Å². The maximum absolute atomic E-state index is 12.6. The van der Waals surface area contributed by atoms with Crippen LogP contribution in [-0.4, -0.2) is 53.8 Å². The van der Waals surface area contributed by atoms with Crippen molar-refractivity contribution in [2.24, 2.45) is 17.6 Å². The lowest BCUT2D eigenvalue weighted by Gasteiger charge is -2.44. The van der Waals surface area contributed by atoms with Gasteiger partial charge in [0.2, 0.25) is 11.8 Å². The quantitative estimate of drug-likeness (QED) is 0.856. The molecule has 2 aliphatic heterocycles. The number of nitrogens with zero attached hydrogens (tertiary/aromatic N) is 2. The molecule has 2 heterocycles.